The minimum atomic E-state index is -0.126. The van der Waals surface area contributed by atoms with E-state index in [2.05, 4.69) is 11.0 Å². The number of carbonyl (C=O) groups excluding carboxylic acids is 2. The predicted octanol–water partition coefficient (Wildman–Crippen LogP) is 3.13. The smallest absolute Gasteiger partial charge is 0.289 e. The summed E-state index contributed by atoms with van der Waals surface area (Å²) in [5, 5.41) is 0.752. The summed E-state index contributed by atoms with van der Waals surface area (Å²) >= 11 is 6.07. The molecule has 2 amide bonds. The number of hydrogen-bond acceptors (Lipinski definition) is 4. The van der Waals surface area contributed by atoms with Crippen LogP contribution in [0.1, 0.15) is 29.0 Å². The SMILES string of the molecule is O=C(c1ccco1)N1CCCC(C(=O)N2CCN(Cc3cccc(Cl)c3)CC2)C1. The number of halogens is 1. The number of hydrogen-bond donors (Lipinski definition) is 0. The largest absolute Gasteiger partial charge is 0.459 e. The topological polar surface area (TPSA) is 57.0 Å². The molecule has 1 aromatic heterocycles. The molecular formula is C22H26ClN3O3. The lowest BCUT2D eigenvalue weighted by Crippen LogP contribution is -2.52. The van der Waals surface area contributed by atoms with Crippen LogP contribution < -0.4 is 0 Å². The molecule has 3 heterocycles. The van der Waals surface area contributed by atoms with Gasteiger partial charge in [0.05, 0.1) is 12.2 Å². The van der Waals surface area contributed by atoms with Crippen molar-refractivity contribution in [2.75, 3.05) is 39.3 Å². The van der Waals surface area contributed by atoms with Crippen molar-refractivity contribution >= 4 is 23.4 Å². The third-order valence-corrected chi connectivity index (χ3v) is 6.00. The van der Waals surface area contributed by atoms with Gasteiger partial charge in [-0.15, -0.1) is 0 Å². The van der Waals surface area contributed by atoms with Crippen molar-refractivity contribution in [3.8, 4) is 0 Å². The second-order valence-corrected chi connectivity index (χ2v) is 8.24. The van der Waals surface area contributed by atoms with Gasteiger partial charge in [0, 0.05) is 50.8 Å². The highest BCUT2D eigenvalue weighted by molar-refractivity contribution is 6.30. The van der Waals surface area contributed by atoms with Crippen molar-refractivity contribution in [1.82, 2.24) is 14.7 Å². The molecule has 1 aromatic carbocycles. The van der Waals surface area contributed by atoms with E-state index in [1.54, 1.807) is 17.0 Å². The van der Waals surface area contributed by atoms with Crippen molar-refractivity contribution in [3.63, 3.8) is 0 Å². The summed E-state index contributed by atoms with van der Waals surface area (Å²) in [7, 11) is 0. The third kappa shape index (κ3) is 4.82. The van der Waals surface area contributed by atoms with Gasteiger partial charge in [0.2, 0.25) is 5.91 Å². The molecule has 2 fully saturated rings. The number of rotatable bonds is 4. The molecule has 6 nitrogen and oxygen atoms in total. The van der Waals surface area contributed by atoms with Crippen molar-refractivity contribution < 1.29 is 14.0 Å². The van der Waals surface area contributed by atoms with Crippen LogP contribution in [0.2, 0.25) is 5.02 Å². The minimum Gasteiger partial charge on any atom is -0.459 e. The maximum absolute atomic E-state index is 13.0. The van der Waals surface area contributed by atoms with Gasteiger partial charge in [-0.25, -0.2) is 0 Å². The second-order valence-electron chi connectivity index (χ2n) is 7.80. The van der Waals surface area contributed by atoms with Gasteiger partial charge < -0.3 is 14.2 Å². The van der Waals surface area contributed by atoms with Gasteiger partial charge in [-0.3, -0.25) is 14.5 Å². The van der Waals surface area contributed by atoms with Gasteiger partial charge in [-0.1, -0.05) is 23.7 Å². The summed E-state index contributed by atoms with van der Waals surface area (Å²) in [5.74, 6) is 0.262. The quantitative estimate of drug-likeness (QED) is 0.769. The minimum absolute atomic E-state index is 0.123. The van der Waals surface area contributed by atoms with Crippen molar-refractivity contribution in [2.24, 2.45) is 5.92 Å². The van der Waals surface area contributed by atoms with Crippen molar-refractivity contribution in [2.45, 2.75) is 19.4 Å². The highest BCUT2D eigenvalue weighted by Gasteiger charge is 2.33. The number of amides is 2. The molecule has 154 valence electrons. The van der Waals surface area contributed by atoms with E-state index >= 15 is 0 Å². The summed E-state index contributed by atoms with van der Waals surface area (Å²) in [4.78, 5) is 31.6. The molecule has 0 radical (unpaired) electrons. The fraction of sp³-hybridized carbons (Fsp3) is 0.455. The first kappa shape index (κ1) is 20.0. The average Bonchev–Trinajstić information content (AvgIpc) is 3.28. The molecule has 2 aliphatic rings. The molecule has 0 saturated carbocycles. The molecule has 7 heteroatoms. The number of piperazine rings is 1. The zero-order chi connectivity index (χ0) is 20.2. The van der Waals surface area contributed by atoms with Crippen LogP contribution >= 0.6 is 11.6 Å². The highest BCUT2D eigenvalue weighted by atomic mass is 35.5. The van der Waals surface area contributed by atoms with E-state index in [4.69, 9.17) is 16.0 Å². The number of carbonyl (C=O) groups is 2. The third-order valence-electron chi connectivity index (χ3n) is 5.77. The Kier molecular flexibility index (Phi) is 6.21. The summed E-state index contributed by atoms with van der Waals surface area (Å²) in [6.07, 6.45) is 3.18. The number of benzene rings is 1. The molecule has 2 aromatic rings. The lowest BCUT2D eigenvalue weighted by molar-refractivity contribution is -0.138. The Labute approximate surface area is 176 Å². The Balaban J connectivity index is 1.29. The van der Waals surface area contributed by atoms with E-state index in [0.717, 1.165) is 50.6 Å². The van der Waals surface area contributed by atoms with Crippen molar-refractivity contribution in [1.29, 1.82) is 0 Å². The Morgan fingerprint density at radius 3 is 2.59 bits per heavy atom. The fourth-order valence-electron chi connectivity index (χ4n) is 4.20. The number of likely N-dealkylation sites (tertiary alicyclic amines) is 1. The first-order chi connectivity index (χ1) is 14.1. The molecule has 2 saturated heterocycles. The van der Waals surface area contributed by atoms with E-state index < -0.39 is 0 Å². The van der Waals surface area contributed by atoms with Gasteiger partial charge in [-0.05, 0) is 42.7 Å². The average molecular weight is 416 g/mol. The van der Waals surface area contributed by atoms with E-state index in [1.807, 2.05) is 23.1 Å². The summed E-state index contributed by atoms with van der Waals surface area (Å²) in [6, 6.07) is 11.3. The van der Waals surface area contributed by atoms with Crippen LogP contribution in [0.3, 0.4) is 0 Å². The molecular weight excluding hydrogens is 390 g/mol. The second kappa shape index (κ2) is 9.01. The van der Waals surface area contributed by atoms with E-state index in [1.165, 1.54) is 11.8 Å². The summed E-state index contributed by atoms with van der Waals surface area (Å²) in [5.41, 5.74) is 1.19. The molecule has 29 heavy (non-hydrogen) atoms. The Morgan fingerprint density at radius 2 is 1.86 bits per heavy atom. The van der Waals surface area contributed by atoms with Crippen LogP contribution in [0, 0.1) is 5.92 Å². The highest BCUT2D eigenvalue weighted by Crippen LogP contribution is 2.22. The molecule has 0 bridgehead atoms. The van der Waals surface area contributed by atoms with Crippen LogP contribution in [0.5, 0.6) is 0 Å². The summed E-state index contributed by atoms with van der Waals surface area (Å²) < 4.78 is 5.23. The Bertz CT molecular complexity index is 847. The first-order valence-electron chi connectivity index (χ1n) is 10.2. The molecule has 0 aliphatic carbocycles. The monoisotopic (exact) mass is 415 g/mol. The van der Waals surface area contributed by atoms with Crippen molar-refractivity contribution in [3.05, 3.63) is 59.0 Å². The van der Waals surface area contributed by atoms with Gasteiger partial charge >= 0.3 is 0 Å². The maximum Gasteiger partial charge on any atom is 0.289 e. The Morgan fingerprint density at radius 1 is 1.03 bits per heavy atom. The summed E-state index contributed by atoms with van der Waals surface area (Å²) in [6.45, 7) is 5.14. The van der Waals surface area contributed by atoms with E-state index in [-0.39, 0.29) is 17.7 Å². The number of piperidine rings is 1. The lowest BCUT2D eigenvalue weighted by Gasteiger charge is -2.39. The van der Waals surface area contributed by atoms with Crippen LogP contribution in [0.15, 0.2) is 47.1 Å². The van der Waals surface area contributed by atoms with Crippen LogP contribution in [0.25, 0.3) is 0 Å². The van der Waals surface area contributed by atoms with Crippen LogP contribution in [-0.2, 0) is 11.3 Å². The zero-order valence-electron chi connectivity index (χ0n) is 16.4. The number of furan rings is 1. The van der Waals surface area contributed by atoms with Crippen LogP contribution in [0.4, 0.5) is 0 Å². The van der Waals surface area contributed by atoms with Gasteiger partial charge in [0.25, 0.3) is 5.91 Å². The molecule has 0 N–H and O–H groups in total. The number of nitrogens with zero attached hydrogens (tertiary/aromatic N) is 3. The van der Waals surface area contributed by atoms with Gasteiger partial charge in [0.15, 0.2) is 5.76 Å². The molecule has 1 atom stereocenters. The molecule has 1 unspecified atom stereocenters. The van der Waals surface area contributed by atoms with Gasteiger partial charge in [0.1, 0.15) is 0 Å². The standard InChI is InChI=1S/C22H26ClN3O3/c23-19-6-1-4-17(14-19)15-24-9-11-25(12-10-24)21(27)18-5-2-8-26(16-18)22(28)20-7-3-13-29-20/h1,3-4,6-7,13-14,18H,2,5,8-12,15-16H2. The maximum atomic E-state index is 13.0. The Hall–Kier alpha value is -2.31. The first-order valence-corrected chi connectivity index (χ1v) is 10.6. The molecule has 4 rings (SSSR count). The fourth-order valence-corrected chi connectivity index (χ4v) is 4.41. The normalized spacial score (nSPS) is 20.7. The van der Waals surface area contributed by atoms with E-state index in [0.29, 0.717) is 18.8 Å². The molecule has 2 aliphatic heterocycles. The zero-order valence-corrected chi connectivity index (χ0v) is 17.2. The lowest BCUT2D eigenvalue weighted by atomic mass is 9.96. The van der Waals surface area contributed by atoms with Gasteiger partial charge in [-0.2, -0.15) is 0 Å². The van der Waals surface area contributed by atoms with E-state index in [9.17, 15) is 9.59 Å². The predicted molar refractivity (Wildman–Crippen MR) is 111 cm³/mol. The van der Waals surface area contributed by atoms with Crippen LogP contribution in [-0.4, -0.2) is 65.8 Å². The molecule has 0 spiro atoms.